The highest BCUT2D eigenvalue weighted by atomic mass is 32.2. The Labute approximate surface area is 234 Å². The number of nitrogens with zero attached hydrogens (tertiary/aromatic N) is 1. The van der Waals surface area contributed by atoms with Crippen LogP contribution in [0.5, 0.6) is 0 Å². The maximum Gasteiger partial charge on any atom is 0.408 e. The summed E-state index contributed by atoms with van der Waals surface area (Å²) in [4.78, 5) is 30.5. The van der Waals surface area contributed by atoms with E-state index in [9.17, 15) is 23.1 Å². The molecule has 1 aliphatic carbocycles. The summed E-state index contributed by atoms with van der Waals surface area (Å²) >= 11 is 0. The molecule has 3 atom stereocenters. The summed E-state index contributed by atoms with van der Waals surface area (Å²) in [7, 11) is -3.66. The molecule has 2 aromatic carbocycles. The zero-order chi connectivity index (χ0) is 28.9. The van der Waals surface area contributed by atoms with Crippen LogP contribution in [0, 0.1) is 0 Å². The minimum atomic E-state index is -3.66. The average molecular weight is 572 g/mol. The van der Waals surface area contributed by atoms with E-state index < -0.39 is 56.6 Å². The van der Waals surface area contributed by atoms with E-state index in [4.69, 9.17) is 9.15 Å². The quantitative estimate of drug-likeness (QED) is 0.314. The van der Waals surface area contributed by atoms with Crippen LogP contribution in [0.3, 0.4) is 0 Å². The summed E-state index contributed by atoms with van der Waals surface area (Å²) < 4.78 is 37.1. The number of sulfone groups is 1. The third-order valence-electron chi connectivity index (χ3n) is 6.83. The molecule has 0 radical (unpaired) electrons. The molecular formula is C29H37N3O7S. The van der Waals surface area contributed by atoms with Gasteiger partial charge in [-0.1, -0.05) is 48.9 Å². The number of oxazole rings is 1. The third-order valence-corrected chi connectivity index (χ3v) is 9.11. The second-order valence-electron chi connectivity index (χ2n) is 11.2. The molecule has 3 N–H and O–H groups in total. The molecule has 0 bridgehead atoms. The minimum absolute atomic E-state index is 0.0262. The van der Waals surface area contributed by atoms with Crippen LogP contribution in [0.1, 0.15) is 64.0 Å². The van der Waals surface area contributed by atoms with Crippen molar-refractivity contribution in [2.24, 2.45) is 0 Å². The van der Waals surface area contributed by atoms with Gasteiger partial charge in [-0.3, -0.25) is 4.79 Å². The van der Waals surface area contributed by atoms with Crippen LogP contribution >= 0.6 is 0 Å². The van der Waals surface area contributed by atoms with Gasteiger partial charge in [0.2, 0.25) is 11.8 Å². The second kappa shape index (κ2) is 12.4. The molecular weight excluding hydrogens is 534 g/mol. The number of alkyl carbamates (subject to hydrolysis) is 1. The standard InChI is InChI=1S/C29H37N3O7S/c1-29(2,3)39-28(35)32-23(18-40(36,37)20-12-9-13-20)26(34)30-22(17-16-19-10-5-4-6-11-19)25(33)27-31-21-14-7-8-15-24(21)38-27/h4-8,10-11,14-15,20,22-23,25,33H,9,12-13,16-18H2,1-3H3,(H,30,34)(H,32,35)/t22-,23-,25-/m0/s1. The Hall–Kier alpha value is -3.44. The fourth-order valence-electron chi connectivity index (χ4n) is 4.48. The number of aryl methyl sites for hydroxylation is 1. The molecule has 3 aromatic rings. The fourth-order valence-corrected chi connectivity index (χ4v) is 6.50. The van der Waals surface area contributed by atoms with E-state index >= 15 is 0 Å². The molecule has 0 aliphatic heterocycles. The van der Waals surface area contributed by atoms with Gasteiger partial charge in [-0.15, -0.1) is 0 Å². The number of aromatic nitrogens is 1. The Bertz CT molecular complexity index is 1380. The van der Waals surface area contributed by atoms with Crippen molar-refractivity contribution in [1.82, 2.24) is 15.6 Å². The van der Waals surface area contributed by atoms with E-state index in [1.807, 2.05) is 30.3 Å². The van der Waals surface area contributed by atoms with Crippen molar-refractivity contribution in [3.63, 3.8) is 0 Å². The number of ether oxygens (including phenoxy) is 1. The molecule has 1 aromatic heterocycles. The topological polar surface area (TPSA) is 148 Å². The molecule has 1 saturated carbocycles. The van der Waals surface area contributed by atoms with Gasteiger partial charge in [0.15, 0.2) is 21.5 Å². The number of benzene rings is 2. The first kappa shape index (κ1) is 29.5. The lowest BCUT2D eigenvalue weighted by Crippen LogP contribution is -2.55. The van der Waals surface area contributed by atoms with E-state index in [-0.39, 0.29) is 5.89 Å². The number of aliphatic hydroxyl groups excluding tert-OH is 1. The zero-order valence-electron chi connectivity index (χ0n) is 23.0. The number of amides is 2. The van der Waals surface area contributed by atoms with Crippen molar-refractivity contribution in [2.45, 2.75) is 81.9 Å². The molecule has 10 nitrogen and oxygen atoms in total. The first-order valence-corrected chi connectivity index (χ1v) is 15.2. The lowest BCUT2D eigenvalue weighted by atomic mass is 10.00. The predicted octanol–water partition coefficient (Wildman–Crippen LogP) is 3.84. The van der Waals surface area contributed by atoms with E-state index in [1.54, 1.807) is 45.0 Å². The van der Waals surface area contributed by atoms with Crippen molar-refractivity contribution in [3.05, 3.63) is 66.1 Å². The number of fused-ring (bicyclic) bond motifs is 1. The average Bonchev–Trinajstić information content (AvgIpc) is 3.28. The normalized spacial score (nSPS) is 16.5. The van der Waals surface area contributed by atoms with Crippen LogP contribution in [0.25, 0.3) is 11.1 Å². The molecule has 2 amide bonds. The Kier molecular flexibility index (Phi) is 9.15. The fraction of sp³-hybridized carbons (Fsp3) is 0.483. The number of hydrogen-bond acceptors (Lipinski definition) is 8. The van der Waals surface area contributed by atoms with Crippen LogP contribution in [-0.2, 0) is 25.8 Å². The summed E-state index contributed by atoms with van der Waals surface area (Å²) in [5, 5.41) is 16.0. The maximum atomic E-state index is 13.6. The molecule has 40 heavy (non-hydrogen) atoms. The summed E-state index contributed by atoms with van der Waals surface area (Å²) in [6.07, 6.45) is 0.427. The first-order valence-electron chi connectivity index (χ1n) is 13.5. The van der Waals surface area contributed by atoms with Gasteiger partial charge >= 0.3 is 6.09 Å². The van der Waals surface area contributed by atoms with Crippen LogP contribution in [0.15, 0.2) is 59.0 Å². The van der Waals surface area contributed by atoms with Gasteiger partial charge in [0.1, 0.15) is 17.2 Å². The van der Waals surface area contributed by atoms with E-state index in [2.05, 4.69) is 15.6 Å². The SMILES string of the molecule is CC(C)(C)OC(=O)N[C@@H](CS(=O)(=O)C1CCC1)C(=O)N[C@@H](CCc1ccccc1)[C@H](O)c1nc2ccccc2o1. The molecule has 0 unspecified atom stereocenters. The number of nitrogens with one attached hydrogen (secondary N) is 2. The van der Waals surface area contributed by atoms with Crippen LogP contribution in [0.4, 0.5) is 4.79 Å². The lowest BCUT2D eigenvalue weighted by Gasteiger charge is -2.29. The molecule has 1 heterocycles. The van der Waals surface area contributed by atoms with Gasteiger partial charge < -0.3 is 24.9 Å². The van der Waals surface area contributed by atoms with Crippen molar-refractivity contribution in [1.29, 1.82) is 0 Å². The summed E-state index contributed by atoms with van der Waals surface area (Å²) in [6.45, 7) is 5.01. The third kappa shape index (κ3) is 7.82. The van der Waals surface area contributed by atoms with Crippen molar-refractivity contribution in [3.8, 4) is 0 Å². The van der Waals surface area contributed by atoms with Crippen LogP contribution < -0.4 is 10.6 Å². The molecule has 4 rings (SSSR count). The monoisotopic (exact) mass is 571 g/mol. The smallest absolute Gasteiger partial charge is 0.408 e. The summed E-state index contributed by atoms with van der Waals surface area (Å²) in [5.74, 6) is -1.30. The predicted molar refractivity (Wildman–Crippen MR) is 150 cm³/mol. The number of carbonyl (C=O) groups excluding carboxylic acids is 2. The molecule has 0 saturated heterocycles. The van der Waals surface area contributed by atoms with Gasteiger partial charge in [0.05, 0.1) is 17.0 Å². The second-order valence-corrected chi connectivity index (χ2v) is 13.5. The molecule has 216 valence electrons. The van der Waals surface area contributed by atoms with Crippen LogP contribution in [-0.4, -0.2) is 59.2 Å². The van der Waals surface area contributed by atoms with Gasteiger partial charge in [0, 0.05) is 0 Å². The van der Waals surface area contributed by atoms with Gasteiger partial charge in [0.25, 0.3) is 0 Å². The number of para-hydroxylation sites is 2. The van der Waals surface area contributed by atoms with Gasteiger partial charge in [-0.2, -0.15) is 0 Å². The van der Waals surface area contributed by atoms with Crippen molar-refractivity contribution >= 4 is 32.9 Å². The highest BCUT2D eigenvalue weighted by molar-refractivity contribution is 7.92. The highest BCUT2D eigenvalue weighted by Crippen LogP contribution is 2.28. The Morgan fingerprint density at radius 1 is 1.07 bits per heavy atom. The molecule has 0 spiro atoms. The number of carbonyl (C=O) groups is 2. The molecule has 11 heteroatoms. The van der Waals surface area contributed by atoms with Gasteiger partial charge in [-0.25, -0.2) is 18.2 Å². The minimum Gasteiger partial charge on any atom is -0.444 e. The first-order chi connectivity index (χ1) is 18.9. The van der Waals surface area contributed by atoms with E-state index in [0.717, 1.165) is 12.0 Å². The van der Waals surface area contributed by atoms with Crippen molar-refractivity contribution < 1.29 is 32.3 Å². The van der Waals surface area contributed by atoms with Crippen molar-refractivity contribution in [2.75, 3.05) is 5.75 Å². The van der Waals surface area contributed by atoms with E-state index in [1.165, 1.54) is 0 Å². The highest BCUT2D eigenvalue weighted by Gasteiger charge is 2.38. The molecule has 1 aliphatic rings. The number of rotatable bonds is 11. The Morgan fingerprint density at radius 2 is 1.75 bits per heavy atom. The van der Waals surface area contributed by atoms with Gasteiger partial charge in [-0.05, 0) is 64.2 Å². The maximum absolute atomic E-state index is 13.6. The molecule has 1 fully saturated rings. The lowest BCUT2D eigenvalue weighted by molar-refractivity contribution is -0.124. The number of aliphatic hydroxyl groups is 1. The largest absolute Gasteiger partial charge is 0.444 e. The zero-order valence-corrected chi connectivity index (χ0v) is 23.8. The number of hydrogen-bond donors (Lipinski definition) is 3. The summed E-state index contributed by atoms with van der Waals surface area (Å²) in [5.41, 5.74) is 1.18. The van der Waals surface area contributed by atoms with E-state index in [0.29, 0.717) is 36.8 Å². The Morgan fingerprint density at radius 3 is 2.38 bits per heavy atom. The Balaban J connectivity index is 1.57. The van der Waals surface area contributed by atoms with Crippen LogP contribution in [0.2, 0.25) is 0 Å². The summed E-state index contributed by atoms with van der Waals surface area (Å²) in [6, 6.07) is 14.3.